The fourth-order valence-corrected chi connectivity index (χ4v) is 14.5. The van der Waals surface area contributed by atoms with Crippen molar-refractivity contribution in [3.8, 4) is 0 Å². The second kappa shape index (κ2) is 42.2. The van der Waals surface area contributed by atoms with E-state index in [4.69, 9.17) is 167 Å². The SMILES string of the molecule is COC[C@H]1O[C@H](O[C@H]2[C@H](OC)[C@@H](OC)[C@@H](O[C@H]3[C@H](OC)[C@@H](OC)[C@@H](O[C@H]4[C@H](OC)[C@@H](OC)[C@@H](O[C@H]5[C@H](OC)[C@@H](OC)[C@@H](O[C@H]6[C@H](OC)[C@@H](OC)[C@@H](O[C@H]7[C@H](OC)[C@@H](OC)[C@H](O)O[C@@H]7COC)O[C@@H]6COC)O[C@@H]5COC)O[C@@H]4COC)O[C@@H]3COC)O[C@@H]2COC)[C@H](OC)[C@@H](OC)[C@@H]1N. The van der Waals surface area contributed by atoms with Crippen molar-refractivity contribution in [3.05, 3.63) is 0 Å². The number of hydrogen-bond donors (Lipinski definition) is 2. The molecule has 0 amide bonds. The van der Waals surface area contributed by atoms with Crippen LogP contribution in [0, 0.1) is 0 Å². The highest BCUT2D eigenvalue weighted by Crippen LogP contribution is 2.42. The zero-order valence-corrected chi connectivity index (χ0v) is 61.1. The second-order valence-corrected chi connectivity index (χ2v) is 24.5. The molecule has 36 heteroatoms. The predicted molar refractivity (Wildman–Crippen MR) is 334 cm³/mol. The van der Waals surface area contributed by atoms with E-state index in [2.05, 4.69) is 0 Å². The van der Waals surface area contributed by atoms with Crippen LogP contribution in [0.1, 0.15) is 0 Å². The summed E-state index contributed by atoms with van der Waals surface area (Å²) in [7, 11) is 31.5. The number of aliphatic hydroxyl groups is 1. The van der Waals surface area contributed by atoms with Gasteiger partial charge in [0.2, 0.25) is 0 Å². The lowest BCUT2D eigenvalue weighted by atomic mass is 9.94. The molecule has 0 unspecified atom stereocenters. The molecule has 0 radical (unpaired) electrons. The quantitative estimate of drug-likeness (QED) is 0.0636. The molecule has 0 aliphatic carbocycles. The van der Waals surface area contributed by atoms with Gasteiger partial charge in [-0.3, -0.25) is 0 Å². The normalized spacial score (nSPS) is 44.7. The molecule has 7 rings (SSSR count). The van der Waals surface area contributed by atoms with Crippen LogP contribution < -0.4 is 5.73 Å². The Balaban J connectivity index is 1.10. The van der Waals surface area contributed by atoms with Gasteiger partial charge in [0.1, 0.15) is 165 Å². The van der Waals surface area contributed by atoms with Gasteiger partial charge in [-0.25, -0.2) is 0 Å². The Hall–Kier alpha value is -1.44. The van der Waals surface area contributed by atoms with Crippen LogP contribution in [0.2, 0.25) is 0 Å². The van der Waals surface area contributed by atoms with Gasteiger partial charge in [-0.05, 0) is 0 Å². The van der Waals surface area contributed by atoms with Gasteiger partial charge in [-0.15, -0.1) is 0 Å². The predicted octanol–water partition coefficient (Wildman–Crippen LogP) is -2.57. The van der Waals surface area contributed by atoms with Crippen LogP contribution in [-0.4, -0.2) is 416 Å². The molecule has 0 aromatic heterocycles. The number of hydrogen-bond acceptors (Lipinski definition) is 36. The summed E-state index contributed by atoms with van der Waals surface area (Å²) in [5.41, 5.74) is 6.59. The zero-order valence-electron chi connectivity index (χ0n) is 61.1. The monoisotopic (exact) mass is 1450 g/mol. The first-order valence-electron chi connectivity index (χ1n) is 32.8. The van der Waals surface area contributed by atoms with Crippen molar-refractivity contribution in [2.75, 3.05) is 196 Å². The first kappa shape index (κ1) is 84.8. The molecule has 0 aromatic rings. The van der Waals surface area contributed by atoms with Gasteiger partial charge in [0.15, 0.2) is 44.0 Å². The van der Waals surface area contributed by atoms with Gasteiger partial charge in [0.25, 0.3) is 0 Å². The number of methoxy groups -OCH3 is 21. The molecule has 35 atom stereocenters. The zero-order chi connectivity index (χ0) is 72.2. The van der Waals surface area contributed by atoms with Crippen LogP contribution in [0.4, 0.5) is 0 Å². The average Bonchev–Trinajstić information content (AvgIpc) is 0.777. The van der Waals surface area contributed by atoms with Gasteiger partial charge in [-0.2, -0.15) is 0 Å². The summed E-state index contributed by atoms with van der Waals surface area (Å²) in [4.78, 5) is 0. The summed E-state index contributed by atoms with van der Waals surface area (Å²) in [6, 6.07) is -0.609. The van der Waals surface area contributed by atoms with E-state index in [9.17, 15) is 5.11 Å². The summed E-state index contributed by atoms with van der Waals surface area (Å²) in [6.45, 7) is 0.0482. The van der Waals surface area contributed by atoms with Crippen molar-refractivity contribution < 1.29 is 166 Å². The highest BCUT2D eigenvalue weighted by molar-refractivity contribution is 5.04. The molecule has 7 aliphatic heterocycles. The van der Waals surface area contributed by atoms with Crippen LogP contribution in [0.3, 0.4) is 0 Å². The van der Waals surface area contributed by atoms with Gasteiger partial charge in [-0.1, -0.05) is 0 Å². The summed E-state index contributed by atoms with van der Waals surface area (Å²) in [6.07, 6.45) is -33.1. The molecule has 3 N–H and O–H groups in total. The van der Waals surface area contributed by atoms with E-state index in [-0.39, 0.29) is 46.2 Å². The maximum atomic E-state index is 10.9. The minimum Gasteiger partial charge on any atom is -0.382 e. The number of aliphatic hydroxyl groups excluding tert-OH is 1. The molecule has 7 aliphatic rings. The van der Waals surface area contributed by atoms with Crippen molar-refractivity contribution in [3.63, 3.8) is 0 Å². The highest BCUT2D eigenvalue weighted by Gasteiger charge is 2.61. The maximum absolute atomic E-state index is 10.9. The van der Waals surface area contributed by atoms with Gasteiger partial charge >= 0.3 is 0 Å². The molecular formula is C63H115NO35. The van der Waals surface area contributed by atoms with E-state index < -0.39 is 215 Å². The average molecular weight is 1450 g/mol. The maximum Gasteiger partial charge on any atom is 0.187 e. The third kappa shape index (κ3) is 19.3. The van der Waals surface area contributed by atoms with E-state index in [1.807, 2.05) is 0 Å². The fourth-order valence-electron chi connectivity index (χ4n) is 14.5. The molecule has 99 heavy (non-hydrogen) atoms. The van der Waals surface area contributed by atoms with Gasteiger partial charge < -0.3 is 172 Å². The lowest BCUT2D eigenvalue weighted by molar-refractivity contribution is -0.403. The van der Waals surface area contributed by atoms with E-state index >= 15 is 0 Å². The summed E-state index contributed by atoms with van der Waals surface area (Å²) >= 11 is 0. The Morgan fingerprint density at radius 1 is 0.202 bits per heavy atom. The Morgan fingerprint density at radius 3 is 0.556 bits per heavy atom. The van der Waals surface area contributed by atoms with Crippen LogP contribution in [0.5, 0.6) is 0 Å². The minimum atomic E-state index is -1.35. The van der Waals surface area contributed by atoms with Crippen molar-refractivity contribution in [2.45, 2.75) is 215 Å². The van der Waals surface area contributed by atoms with Crippen molar-refractivity contribution in [1.29, 1.82) is 0 Å². The molecule has 0 aromatic carbocycles. The van der Waals surface area contributed by atoms with Gasteiger partial charge in [0.05, 0.1) is 52.3 Å². The Morgan fingerprint density at radius 2 is 0.364 bits per heavy atom. The molecule has 0 bridgehead atoms. The summed E-state index contributed by atoms with van der Waals surface area (Å²) < 4.78 is 213. The molecule has 7 saturated heterocycles. The Bertz CT molecular complexity index is 2200. The summed E-state index contributed by atoms with van der Waals surface area (Å²) in [5, 5.41) is 10.9. The highest BCUT2D eigenvalue weighted by atomic mass is 16.8. The third-order valence-corrected chi connectivity index (χ3v) is 19.1. The molecule has 582 valence electrons. The van der Waals surface area contributed by atoms with Crippen molar-refractivity contribution >= 4 is 0 Å². The molecule has 36 nitrogen and oxygen atoms in total. The van der Waals surface area contributed by atoms with Gasteiger partial charge in [0, 0.05) is 149 Å². The van der Waals surface area contributed by atoms with E-state index in [0.29, 0.717) is 0 Å². The molecule has 7 fully saturated rings. The lowest BCUT2D eigenvalue weighted by Gasteiger charge is -2.52. The van der Waals surface area contributed by atoms with Crippen LogP contribution in [-0.2, 0) is 161 Å². The third-order valence-electron chi connectivity index (χ3n) is 19.1. The molecule has 7 heterocycles. The fraction of sp³-hybridized carbons (Fsp3) is 1.00. The standard InChI is InChI=1S/C63H115NO35/c1-66-22-29-36(64)43(73-8)51(81-16)58(88-29)95-38-31(24-68-3)90-60(53(83-18)45(38)75-10)97-40-33(26-70-5)92-62(55(85-20)47(40)77-12)99-42-35(28-72-7)93-63(56(86-21)49(42)79-14)98-41-34(27-71-6)91-61(54(84-19)48(41)78-13)96-39-32(25-69-4)89-59(52(82-17)46(39)76-11)94-37-30(23-67-2)87-57(65)50(80-15)44(37)74-9/h29-63,65H,22-28,64H2,1-21H3/t29-,30-,31-,32-,33-,34-,35-,36-,37-,38-,39-,40-,41-,42-,43+,44+,45+,46+,47+,48+,49+,50-,51-,52-,53-,54-,55-,56-,57-,58-,59-,60-,61-,62-,63-/m1/s1. The van der Waals surface area contributed by atoms with E-state index in [1.165, 1.54) is 142 Å². The second-order valence-electron chi connectivity index (χ2n) is 24.5. The van der Waals surface area contributed by atoms with Crippen LogP contribution in [0.25, 0.3) is 0 Å². The molecule has 0 spiro atoms. The van der Waals surface area contributed by atoms with Crippen molar-refractivity contribution in [2.24, 2.45) is 5.73 Å². The topological polar surface area (TPSA) is 360 Å². The lowest BCUT2D eigenvalue weighted by Crippen LogP contribution is -2.69. The first-order chi connectivity index (χ1) is 48.0. The van der Waals surface area contributed by atoms with E-state index in [0.717, 1.165) is 0 Å². The number of ether oxygens (including phenoxy) is 34. The van der Waals surface area contributed by atoms with Crippen LogP contribution >= 0.6 is 0 Å². The molecular weight excluding hydrogens is 1330 g/mol. The minimum absolute atomic E-state index is 0.0139. The smallest absolute Gasteiger partial charge is 0.187 e. The first-order valence-corrected chi connectivity index (χ1v) is 32.8. The number of rotatable bonds is 40. The summed E-state index contributed by atoms with van der Waals surface area (Å²) in [5.74, 6) is 0. The van der Waals surface area contributed by atoms with Crippen molar-refractivity contribution in [1.82, 2.24) is 0 Å². The largest absolute Gasteiger partial charge is 0.382 e. The Labute approximate surface area is 580 Å². The Kier molecular flexibility index (Phi) is 36.1. The number of nitrogens with two attached hydrogens (primary N) is 1. The van der Waals surface area contributed by atoms with Crippen LogP contribution in [0.15, 0.2) is 0 Å². The van der Waals surface area contributed by atoms with E-state index in [1.54, 1.807) is 7.11 Å². The molecule has 0 saturated carbocycles.